The molecular formula is C43H45Cl2N3O6. The highest BCUT2D eigenvalue weighted by Crippen LogP contribution is 2.32. The summed E-state index contributed by atoms with van der Waals surface area (Å²) in [6.07, 6.45) is 5.15. The number of benzene rings is 4. The molecule has 1 aliphatic rings. The fraction of sp³-hybridized carbons (Fsp3) is 0.256. The minimum absolute atomic E-state index is 0. The van der Waals surface area contributed by atoms with E-state index >= 15 is 0 Å². The van der Waals surface area contributed by atoms with Crippen LogP contribution in [0.2, 0.25) is 5.02 Å². The fourth-order valence-corrected chi connectivity index (χ4v) is 5.92. The van der Waals surface area contributed by atoms with Crippen LogP contribution in [0.1, 0.15) is 36.1 Å². The third-order valence-corrected chi connectivity index (χ3v) is 8.96. The lowest BCUT2D eigenvalue weighted by molar-refractivity contribution is -0.127. The fourth-order valence-electron chi connectivity index (χ4n) is 5.73. The average Bonchev–Trinajstić information content (AvgIpc) is 3.18. The highest BCUT2D eigenvalue weighted by atomic mass is 35.5. The number of nitrogens with zero attached hydrogens (tertiary/aromatic N) is 3. The number of rotatable bonds is 15. The van der Waals surface area contributed by atoms with E-state index in [0.717, 1.165) is 47.8 Å². The zero-order valence-electron chi connectivity index (χ0n) is 30.7. The number of ether oxygens (including phenoxy) is 5. The first-order chi connectivity index (χ1) is 25.8. The molecule has 0 saturated carbocycles. The maximum atomic E-state index is 13.1. The lowest BCUT2D eigenvalue weighted by Gasteiger charge is -2.34. The second-order valence-corrected chi connectivity index (χ2v) is 13.3. The van der Waals surface area contributed by atoms with Gasteiger partial charge in [0.25, 0.3) is 0 Å². The van der Waals surface area contributed by atoms with Crippen molar-refractivity contribution in [2.45, 2.75) is 39.7 Å². The van der Waals surface area contributed by atoms with E-state index in [4.69, 9.17) is 35.3 Å². The molecule has 9 nitrogen and oxygen atoms in total. The van der Waals surface area contributed by atoms with Crippen molar-refractivity contribution in [3.63, 3.8) is 0 Å². The molecular weight excluding hydrogens is 725 g/mol. The van der Waals surface area contributed by atoms with E-state index in [2.05, 4.69) is 34.1 Å². The number of methoxy groups -OCH3 is 1. The maximum absolute atomic E-state index is 13.1. The Labute approximate surface area is 328 Å². The molecule has 54 heavy (non-hydrogen) atoms. The first-order valence-corrected chi connectivity index (χ1v) is 18.0. The van der Waals surface area contributed by atoms with Gasteiger partial charge in [-0.25, -0.2) is 4.98 Å². The van der Waals surface area contributed by atoms with Crippen molar-refractivity contribution < 1.29 is 28.5 Å². The summed E-state index contributed by atoms with van der Waals surface area (Å²) in [5, 5.41) is 0.654. The van der Waals surface area contributed by atoms with E-state index in [1.165, 1.54) is 5.56 Å². The number of piperazine rings is 1. The van der Waals surface area contributed by atoms with Crippen molar-refractivity contribution >= 4 is 36.0 Å². The van der Waals surface area contributed by atoms with Gasteiger partial charge in [-0.1, -0.05) is 60.1 Å². The first kappa shape index (κ1) is 40.0. The molecule has 0 N–H and O–H groups in total. The Bertz CT molecular complexity index is 1960. The SMILES string of the molecule is COc1cc(C=CC(=O)N2CCN(Cc3ccc(COc4ccc(OC(C)C)cc4)cc3)CC2)ccc1Oc1ccc(OCc2ccccc2Cl)cn1.Cl. The molecule has 282 valence electrons. The molecule has 0 radical (unpaired) electrons. The van der Waals surface area contributed by atoms with Gasteiger partial charge in [0.2, 0.25) is 11.8 Å². The average molecular weight is 771 g/mol. The van der Waals surface area contributed by atoms with Gasteiger partial charge in [-0.3, -0.25) is 9.69 Å². The van der Waals surface area contributed by atoms with Crippen molar-refractivity contribution in [3.05, 3.63) is 143 Å². The van der Waals surface area contributed by atoms with Gasteiger partial charge in [0.15, 0.2) is 11.5 Å². The largest absolute Gasteiger partial charge is 0.493 e. The summed E-state index contributed by atoms with van der Waals surface area (Å²) in [7, 11) is 1.58. The number of carbonyl (C=O) groups is 1. The summed E-state index contributed by atoms with van der Waals surface area (Å²) in [6, 6.07) is 32.8. The molecule has 0 aliphatic carbocycles. The number of hydrogen-bond acceptors (Lipinski definition) is 8. The summed E-state index contributed by atoms with van der Waals surface area (Å²) in [5.74, 6) is 3.65. The van der Waals surface area contributed by atoms with Gasteiger partial charge in [-0.2, -0.15) is 0 Å². The van der Waals surface area contributed by atoms with Crippen LogP contribution in [0.15, 0.2) is 115 Å². The lowest BCUT2D eigenvalue weighted by atomic mass is 10.1. The van der Waals surface area contributed by atoms with Gasteiger partial charge in [0.1, 0.15) is 30.5 Å². The third-order valence-electron chi connectivity index (χ3n) is 8.60. The van der Waals surface area contributed by atoms with E-state index in [0.29, 0.717) is 54.5 Å². The first-order valence-electron chi connectivity index (χ1n) is 17.7. The van der Waals surface area contributed by atoms with Gasteiger partial charge in [0.05, 0.1) is 19.4 Å². The summed E-state index contributed by atoms with van der Waals surface area (Å²) >= 11 is 6.22. The van der Waals surface area contributed by atoms with Gasteiger partial charge in [0, 0.05) is 55.5 Å². The Kier molecular flexibility index (Phi) is 14.6. The molecule has 1 aromatic heterocycles. The maximum Gasteiger partial charge on any atom is 0.246 e. The van der Waals surface area contributed by atoms with Crippen LogP contribution >= 0.6 is 24.0 Å². The minimum atomic E-state index is -0.0172. The number of carbonyl (C=O) groups excluding carboxylic acids is 1. The van der Waals surface area contributed by atoms with Crippen molar-refractivity contribution in [2.24, 2.45) is 0 Å². The van der Waals surface area contributed by atoms with Crippen molar-refractivity contribution in [2.75, 3.05) is 33.3 Å². The van der Waals surface area contributed by atoms with Crippen LogP contribution in [0, 0.1) is 0 Å². The normalized spacial score (nSPS) is 13.0. The molecule has 0 atom stereocenters. The zero-order chi connectivity index (χ0) is 37.0. The molecule has 0 bridgehead atoms. The van der Waals surface area contributed by atoms with E-state index in [9.17, 15) is 4.79 Å². The Morgan fingerprint density at radius 3 is 2.17 bits per heavy atom. The van der Waals surface area contributed by atoms with Crippen LogP contribution in [0.3, 0.4) is 0 Å². The number of amides is 1. The molecule has 4 aromatic carbocycles. The highest BCUT2D eigenvalue weighted by molar-refractivity contribution is 6.31. The topological polar surface area (TPSA) is 82.6 Å². The standard InChI is InChI=1S/C43H44ClN3O6.ClH/c1-31(2)52-37-16-14-36(15-17-37)50-29-34-10-8-33(9-11-34)28-46-22-24-47(25-23-46)43(48)21-13-32-12-19-40(41(26-32)49-3)53-42-20-18-38(27-45-42)51-30-35-6-4-5-7-39(35)44;/h4-21,26-27,31H,22-25,28-30H2,1-3H3;1H. The zero-order valence-corrected chi connectivity index (χ0v) is 32.2. The highest BCUT2D eigenvalue weighted by Gasteiger charge is 2.20. The molecule has 0 spiro atoms. The van der Waals surface area contributed by atoms with Gasteiger partial charge < -0.3 is 28.6 Å². The monoisotopic (exact) mass is 769 g/mol. The molecule has 5 aromatic rings. The van der Waals surface area contributed by atoms with Crippen LogP contribution in [0.25, 0.3) is 6.08 Å². The van der Waals surface area contributed by atoms with Crippen LogP contribution < -0.4 is 23.7 Å². The Hall–Kier alpha value is -5.22. The molecule has 11 heteroatoms. The number of aromatic nitrogens is 1. The molecule has 6 rings (SSSR count). The second kappa shape index (κ2) is 19.7. The molecule has 2 heterocycles. The van der Waals surface area contributed by atoms with E-state index < -0.39 is 0 Å². The molecule has 0 unspecified atom stereocenters. The minimum Gasteiger partial charge on any atom is -0.493 e. The smallest absolute Gasteiger partial charge is 0.246 e. The Morgan fingerprint density at radius 2 is 1.48 bits per heavy atom. The van der Waals surface area contributed by atoms with Crippen LogP contribution in [-0.4, -0.2) is 60.1 Å². The predicted octanol–water partition coefficient (Wildman–Crippen LogP) is 9.26. The van der Waals surface area contributed by atoms with Gasteiger partial charge in [-0.15, -0.1) is 12.4 Å². The molecule has 1 fully saturated rings. The summed E-state index contributed by atoms with van der Waals surface area (Å²) in [6.45, 7) is 8.64. The van der Waals surface area contributed by atoms with Crippen molar-refractivity contribution in [1.82, 2.24) is 14.8 Å². The van der Waals surface area contributed by atoms with Crippen molar-refractivity contribution in [1.29, 1.82) is 0 Å². The van der Waals surface area contributed by atoms with Crippen molar-refractivity contribution in [3.8, 4) is 34.6 Å². The van der Waals surface area contributed by atoms with Crippen LogP contribution in [-0.2, 0) is 24.6 Å². The predicted molar refractivity (Wildman–Crippen MR) is 214 cm³/mol. The molecule has 1 saturated heterocycles. The Balaban J connectivity index is 0.00000561. The molecule has 1 aliphatic heterocycles. The van der Waals surface area contributed by atoms with E-state index in [1.807, 2.05) is 79.4 Å². The van der Waals surface area contributed by atoms with E-state index in [1.54, 1.807) is 43.7 Å². The Morgan fingerprint density at radius 1 is 0.796 bits per heavy atom. The number of hydrogen-bond donors (Lipinski definition) is 0. The van der Waals surface area contributed by atoms with Gasteiger partial charge >= 0.3 is 0 Å². The van der Waals surface area contributed by atoms with Gasteiger partial charge in [-0.05, 0) is 85.1 Å². The van der Waals surface area contributed by atoms with Crippen LogP contribution in [0.4, 0.5) is 0 Å². The quantitative estimate of drug-likeness (QED) is 0.0976. The summed E-state index contributed by atoms with van der Waals surface area (Å²) in [5.41, 5.74) is 4.06. The summed E-state index contributed by atoms with van der Waals surface area (Å²) < 4.78 is 29.0. The van der Waals surface area contributed by atoms with E-state index in [-0.39, 0.29) is 24.4 Å². The molecule has 1 amide bonds. The second-order valence-electron chi connectivity index (χ2n) is 12.9. The number of halogens is 2. The number of pyridine rings is 1. The summed E-state index contributed by atoms with van der Waals surface area (Å²) in [4.78, 5) is 21.7. The van der Waals surface area contributed by atoms with Crippen LogP contribution in [0.5, 0.6) is 34.6 Å². The third kappa shape index (κ3) is 11.6. The lowest BCUT2D eigenvalue weighted by Crippen LogP contribution is -2.47.